The molecule has 0 amide bonds. The molecule has 0 aromatic heterocycles. The van der Waals surface area contributed by atoms with Gasteiger partial charge < -0.3 is 10.1 Å². The van der Waals surface area contributed by atoms with Gasteiger partial charge in [-0.2, -0.15) is 0 Å². The summed E-state index contributed by atoms with van der Waals surface area (Å²) in [5.74, 6) is 0.517. The van der Waals surface area contributed by atoms with Gasteiger partial charge in [0.05, 0.1) is 11.2 Å². The van der Waals surface area contributed by atoms with Gasteiger partial charge in [-0.1, -0.05) is 20.8 Å². The standard InChI is InChI=1S/C18H38N2O/c1-10-19-15(17(6,7)20(11-2)12-3)14-13-16(4,5)21-18(14,8)9/h14-15,19H,10-13H2,1-9H3. The molecule has 2 atom stereocenters. The number of hydrogen-bond donors (Lipinski definition) is 1. The summed E-state index contributed by atoms with van der Waals surface area (Å²) in [6.45, 7) is 23.6. The van der Waals surface area contributed by atoms with Crippen LogP contribution in [0.15, 0.2) is 0 Å². The highest BCUT2D eigenvalue weighted by Gasteiger charge is 2.53. The van der Waals surface area contributed by atoms with Crippen LogP contribution in [0.5, 0.6) is 0 Å². The van der Waals surface area contributed by atoms with Crippen molar-refractivity contribution < 1.29 is 4.74 Å². The van der Waals surface area contributed by atoms with E-state index in [1.54, 1.807) is 0 Å². The molecule has 0 aromatic rings. The number of nitrogens with one attached hydrogen (secondary N) is 1. The zero-order valence-electron chi connectivity index (χ0n) is 15.8. The van der Waals surface area contributed by atoms with Crippen molar-refractivity contribution in [1.29, 1.82) is 0 Å². The van der Waals surface area contributed by atoms with E-state index in [-0.39, 0.29) is 16.7 Å². The van der Waals surface area contributed by atoms with Crippen LogP contribution in [-0.4, -0.2) is 47.3 Å². The normalized spacial score (nSPS) is 26.3. The first-order valence-corrected chi connectivity index (χ1v) is 8.70. The van der Waals surface area contributed by atoms with Crippen molar-refractivity contribution in [2.45, 2.75) is 91.5 Å². The van der Waals surface area contributed by atoms with Gasteiger partial charge in [0.15, 0.2) is 0 Å². The van der Waals surface area contributed by atoms with Crippen molar-refractivity contribution in [3.05, 3.63) is 0 Å². The Balaban J connectivity index is 3.12. The van der Waals surface area contributed by atoms with Crippen LogP contribution in [0.4, 0.5) is 0 Å². The summed E-state index contributed by atoms with van der Waals surface area (Å²) in [5.41, 5.74) is 0.00711. The van der Waals surface area contributed by atoms with E-state index in [0.29, 0.717) is 12.0 Å². The van der Waals surface area contributed by atoms with Crippen LogP contribution in [0.3, 0.4) is 0 Å². The lowest BCUT2D eigenvalue weighted by atomic mass is 9.73. The van der Waals surface area contributed by atoms with Gasteiger partial charge in [0, 0.05) is 17.5 Å². The van der Waals surface area contributed by atoms with Crippen LogP contribution in [0.2, 0.25) is 0 Å². The summed E-state index contributed by atoms with van der Waals surface area (Å²) in [4.78, 5) is 2.57. The largest absolute Gasteiger partial charge is 0.369 e. The van der Waals surface area contributed by atoms with Gasteiger partial charge in [0.25, 0.3) is 0 Å². The van der Waals surface area contributed by atoms with E-state index in [1.807, 2.05) is 0 Å². The average molecular weight is 299 g/mol. The monoisotopic (exact) mass is 298 g/mol. The third kappa shape index (κ3) is 4.00. The maximum atomic E-state index is 6.36. The van der Waals surface area contributed by atoms with Gasteiger partial charge in [0.2, 0.25) is 0 Å². The maximum Gasteiger partial charge on any atom is 0.0678 e. The zero-order chi connectivity index (χ0) is 16.5. The summed E-state index contributed by atoms with van der Waals surface area (Å²) in [6, 6.07) is 0.430. The predicted octanol–water partition coefficient (Wildman–Crippen LogP) is 3.68. The molecular weight excluding hydrogens is 260 g/mol. The number of nitrogens with zero attached hydrogens (tertiary/aromatic N) is 1. The lowest BCUT2D eigenvalue weighted by Gasteiger charge is -2.48. The molecule has 1 fully saturated rings. The molecule has 0 radical (unpaired) electrons. The Morgan fingerprint density at radius 3 is 2.00 bits per heavy atom. The highest BCUT2D eigenvalue weighted by atomic mass is 16.5. The minimum Gasteiger partial charge on any atom is -0.369 e. The summed E-state index contributed by atoms with van der Waals surface area (Å²) < 4.78 is 6.36. The van der Waals surface area contributed by atoms with Crippen LogP contribution in [0, 0.1) is 5.92 Å². The molecule has 21 heavy (non-hydrogen) atoms. The van der Waals surface area contributed by atoms with Gasteiger partial charge in [-0.3, -0.25) is 4.90 Å². The smallest absolute Gasteiger partial charge is 0.0678 e. The molecule has 0 aliphatic carbocycles. The second-order valence-corrected chi connectivity index (χ2v) is 8.14. The summed E-state index contributed by atoms with van der Waals surface area (Å²) >= 11 is 0. The van der Waals surface area contributed by atoms with Crippen molar-refractivity contribution in [2.75, 3.05) is 19.6 Å². The van der Waals surface area contributed by atoms with E-state index >= 15 is 0 Å². The molecule has 1 N–H and O–H groups in total. The molecule has 3 nitrogen and oxygen atoms in total. The Kier molecular flexibility index (Phi) is 5.91. The number of hydrogen-bond acceptors (Lipinski definition) is 3. The molecule has 2 unspecified atom stereocenters. The van der Waals surface area contributed by atoms with Crippen molar-refractivity contribution in [3.8, 4) is 0 Å². The fraction of sp³-hybridized carbons (Fsp3) is 1.00. The lowest BCUT2D eigenvalue weighted by molar-refractivity contribution is -0.0842. The molecule has 1 heterocycles. The first-order chi connectivity index (χ1) is 9.51. The molecule has 0 bridgehead atoms. The Labute approximate surface area is 132 Å². The molecule has 1 aliphatic heterocycles. The maximum absolute atomic E-state index is 6.36. The third-order valence-corrected chi connectivity index (χ3v) is 5.31. The SMILES string of the molecule is CCNC(C1CC(C)(C)OC1(C)C)C(C)(C)N(CC)CC. The molecule has 0 spiro atoms. The fourth-order valence-electron chi connectivity index (χ4n) is 4.46. The number of ether oxygens (including phenoxy) is 1. The molecule has 3 heteroatoms. The van der Waals surface area contributed by atoms with E-state index in [9.17, 15) is 0 Å². The predicted molar refractivity (Wildman–Crippen MR) is 91.8 cm³/mol. The van der Waals surface area contributed by atoms with Gasteiger partial charge in [-0.05, 0) is 67.6 Å². The van der Waals surface area contributed by atoms with Gasteiger partial charge in [-0.15, -0.1) is 0 Å². The average Bonchev–Trinajstić information content (AvgIpc) is 2.55. The van der Waals surface area contributed by atoms with E-state index in [0.717, 1.165) is 26.1 Å². The molecule has 0 saturated carbocycles. The Bertz CT molecular complexity index is 332. The van der Waals surface area contributed by atoms with E-state index < -0.39 is 0 Å². The summed E-state index contributed by atoms with van der Waals surface area (Å²) in [6.07, 6.45) is 1.11. The number of likely N-dealkylation sites (N-methyl/N-ethyl adjacent to an activating group) is 2. The van der Waals surface area contributed by atoms with Crippen molar-refractivity contribution in [2.24, 2.45) is 5.92 Å². The Morgan fingerprint density at radius 1 is 1.14 bits per heavy atom. The van der Waals surface area contributed by atoms with Gasteiger partial charge in [-0.25, -0.2) is 0 Å². The first kappa shape index (κ1) is 18.9. The third-order valence-electron chi connectivity index (χ3n) is 5.31. The van der Waals surface area contributed by atoms with E-state index in [1.165, 1.54) is 0 Å². The van der Waals surface area contributed by atoms with E-state index in [2.05, 4.69) is 72.5 Å². The minimum atomic E-state index is -0.0826. The molecule has 1 saturated heterocycles. The topological polar surface area (TPSA) is 24.5 Å². The quantitative estimate of drug-likeness (QED) is 0.776. The lowest BCUT2D eigenvalue weighted by Crippen LogP contribution is -2.62. The summed E-state index contributed by atoms with van der Waals surface area (Å²) in [5, 5.41) is 3.79. The Hall–Kier alpha value is -0.120. The van der Waals surface area contributed by atoms with Crippen LogP contribution >= 0.6 is 0 Å². The fourth-order valence-corrected chi connectivity index (χ4v) is 4.46. The van der Waals surface area contributed by atoms with Crippen LogP contribution in [0.1, 0.15) is 68.7 Å². The van der Waals surface area contributed by atoms with E-state index in [4.69, 9.17) is 4.74 Å². The van der Waals surface area contributed by atoms with Crippen molar-refractivity contribution in [3.63, 3.8) is 0 Å². The van der Waals surface area contributed by atoms with Crippen LogP contribution in [0.25, 0.3) is 0 Å². The molecular formula is C18H38N2O. The van der Waals surface area contributed by atoms with Gasteiger partial charge >= 0.3 is 0 Å². The van der Waals surface area contributed by atoms with Crippen molar-refractivity contribution in [1.82, 2.24) is 10.2 Å². The Morgan fingerprint density at radius 2 is 1.67 bits per heavy atom. The molecule has 1 aliphatic rings. The first-order valence-electron chi connectivity index (χ1n) is 8.70. The second kappa shape index (κ2) is 6.55. The molecule has 1 rings (SSSR count). The summed E-state index contributed by atoms with van der Waals surface area (Å²) in [7, 11) is 0. The number of rotatable bonds is 7. The molecule has 126 valence electrons. The van der Waals surface area contributed by atoms with Crippen LogP contribution in [-0.2, 0) is 4.74 Å². The highest BCUT2D eigenvalue weighted by molar-refractivity contribution is 5.06. The van der Waals surface area contributed by atoms with Crippen molar-refractivity contribution >= 4 is 0 Å². The second-order valence-electron chi connectivity index (χ2n) is 8.14. The van der Waals surface area contributed by atoms with Crippen LogP contribution < -0.4 is 5.32 Å². The zero-order valence-corrected chi connectivity index (χ0v) is 15.8. The highest BCUT2D eigenvalue weighted by Crippen LogP contribution is 2.46. The molecule has 0 aromatic carbocycles. The minimum absolute atomic E-state index is 0.0266. The van der Waals surface area contributed by atoms with Gasteiger partial charge in [0.1, 0.15) is 0 Å².